The number of carbonyl (C=O) groups excluding carboxylic acids is 1. The third-order valence-electron chi connectivity index (χ3n) is 2.99. The Labute approximate surface area is 149 Å². The highest BCUT2D eigenvalue weighted by atomic mass is 35.5. The van der Waals surface area contributed by atoms with Crippen molar-refractivity contribution in [1.29, 1.82) is 0 Å². The molecule has 0 spiro atoms. The molecule has 0 aliphatic rings. The van der Waals surface area contributed by atoms with Gasteiger partial charge in [0.25, 0.3) is 0 Å². The summed E-state index contributed by atoms with van der Waals surface area (Å²) in [5.74, 6) is -0.314. The minimum absolute atomic E-state index is 0. The van der Waals surface area contributed by atoms with E-state index in [0.717, 1.165) is 19.3 Å². The van der Waals surface area contributed by atoms with E-state index >= 15 is 0 Å². The molecule has 0 saturated heterocycles. The Morgan fingerprint density at radius 1 is 1.29 bits per heavy atom. The lowest BCUT2D eigenvalue weighted by atomic mass is 10.3. The van der Waals surface area contributed by atoms with Crippen molar-refractivity contribution in [3.63, 3.8) is 0 Å². The average molecular weight is 380 g/mol. The minimum atomic E-state index is -3.62. The van der Waals surface area contributed by atoms with Crippen molar-refractivity contribution < 1.29 is 17.9 Å². The fourth-order valence-corrected chi connectivity index (χ4v) is 2.93. The van der Waals surface area contributed by atoms with Gasteiger partial charge in [0.2, 0.25) is 15.9 Å². The van der Waals surface area contributed by atoms with E-state index in [9.17, 15) is 13.2 Å². The standard InChI is InChI=1S/C15H25N3O4S.ClH/c1-2-3-4-10-22-12-15(19)18-13-6-5-7-14(11-13)23(20,21)17-9-8-16;/h5-7,11,17H,2-4,8-10,12,16H2,1H3,(H,18,19);1H. The van der Waals surface area contributed by atoms with E-state index in [1.807, 2.05) is 0 Å². The van der Waals surface area contributed by atoms with Gasteiger partial charge in [0.1, 0.15) is 6.61 Å². The van der Waals surface area contributed by atoms with Gasteiger partial charge in [-0.3, -0.25) is 4.79 Å². The molecule has 24 heavy (non-hydrogen) atoms. The largest absolute Gasteiger partial charge is 0.372 e. The summed E-state index contributed by atoms with van der Waals surface area (Å²) in [6, 6.07) is 6.04. The van der Waals surface area contributed by atoms with Crippen molar-refractivity contribution in [3.05, 3.63) is 24.3 Å². The van der Waals surface area contributed by atoms with Gasteiger partial charge in [0.15, 0.2) is 0 Å². The number of carbonyl (C=O) groups is 1. The van der Waals surface area contributed by atoms with Crippen molar-refractivity contribution in [3.8, 4) is 0 Å². The number of nitrogens with two attached hydrogens (primary N) is 1. The highest BCUT2D eigenvalue weighted by molar-refractivity contribution is 7.89. The highest BCUT2D eigenvalue weighted by Gasteiger charge is 2.14. The van der Waals surface area contributed by atoms with Gasteiger partial charge in [-0.05, 0) is 24.6 Å². The number of hydrogen-bond donors (Lipinski definition) is 3. The van der Waals surface area contributed by atoms with Crippen LogP contribution in [0.5, 0.6) is 0 Å². The molecule has 1 amide bonds. The predicted octanol–water partition coefficient (Wildman–Crippen LogP) is 1.49. The smallest absolute Gasteiger partial charge is 0.250 e. The Bertz CT molecular complexity index is 596. The second-order valence-electron chi connectivity index (χ2n) is 5.02. The van der Waals surface area contributed by atoms with Crippen molar-refractivity contribution in [2.45, 2.75) is 31.1 Å². The average Bonchev–Trinajstić information content (AvgIpc) is 2.53. The fraction of sp³-hybridized carbons (Fsp3) is 0.533. The maximum absolute atomic E-state index is 12.0. The molecule has 0 atom stereocenters. The van der Waals surface area contributed by atoms with Gasteiger partial charge in [-0.1, -0.05) is 25.8 Å². The quantitative estimate of drug-likeness (QED) is 0.504. The van der Waals surface area contributed by atoms with Crippen molar-refractivity contribution in [2.24, 2.45) is 5.73 Å². The maximum Gasteiger partial charge on any atom is 0.250 e. The molecule has 7 nitrogen and oxygen atoms in total. The molecular formula is C15H26ClN3O4S. The number of anilines is 1. The van der Waals surface area contributed by atoms with E-state index < -0.39 is 10.0 Å². The van der Waals surface area contributed by atoms with Gasteiger partial charge < -0.3 is 15.8 Å². The Morgan fingerprint density at radius 3 is 2.71 bits per heavy atom. The van der Waals surface area contributed by atoms with Gasteiger partial charge in [-0.2, -0.15) is 0 Å². The number of halogens is 1. The van der Waals surface area contributed by atoms with Gasteiger partial charge in [0, 0.05) is 25.4 Å². The van der Waals surface area contributed by atoms with Crippen LogP contribution in [0.25, 0.3) is 0 Å². The van der Waals surface area contributed by atoms with Crippen molar-refractivity contribution >= 4 is 34.0 Å². The molecule has 9 heteroatoms. The van der Waals surface area contributed by atoms with Gasteiger partial charge in [0.05, 0.1) is 4.90 Å². The minimum Gasteiger partial charge on any atom is -0.372 e. The number of unbranched alkanes of at least 4 members (excludes halogenated alkanes) is 2. The van der Waals surface area contributed by atoms with E-state index in [2.05, 4.69) is 17.0 Å². The topological polar surface area (TPSA) is 111 Å². The fourth-order valence-electron chi connectivity index (χ4n) is 1.83. The molecule has 0 heterocycles. The monoisotopic (exact) mass is 379 g/mol. The summed E-state index contributed by atoms with van der Waals surface area (Å²) in [7, 11) is -3.62. The summed E-state index contributed by atoms with van der Waals surface area (Å²) in [6.07, 6.45) is 3.08. The number of amides is 1. The van der Waals surface area contributed by atoms with E-state index in [4.69, 9.17) is 10.5 Å². The first kappa shape index (κ1) is 22.8. The number of ether oxygens (including phenoxy) is 1. The summed E-state index contributed by atoms with van der Waals surface area (Å²) >= 11 is 0. The van der Waals surface area contributed by atoms with E-state index in [0.29, 0.717) is 12.3 Å². The summed E-state index contributed by atoms with van der Waals surface area (Å²) in [5, 5.41) is 2.62. The number of hydrogen-bond acceptors (Lipinski definition) is 5. The zero-order chi connectivity index (χ0) is 17.1. The molecule has 0 fully saturated rings. The third-order valence-corrected chi connectivity index (χ3v) is 4.45. The van der Waals surface area contributed by atoms with E-state index in [1.165, 1.54) is 12.1 Å². The second-order valence-corrected chi connectivity index (χ2v) is 6.79. The Morgan fingerprint density at radius 2 is 2.04 bits per heavy atom. The van der Waals surface area contributed by atoms with E-state index in [-0.39, 0.29) is 42.9 Å². The molecule has 0 bridgehead atoms. The van der Waals surface area contributed by atoms with Crippen LogP contribution in [0.3, 0.4) is 0 Å². The van der Waals surface area contributed by atoms with Crippen LogP contribution >= 0.6 is 12.4 Å². The first-order valence-corrected chi connectivity index (χ1v) is 9.15. The van der Waals surface area contributed by atoms with Crippen LogP contribution in [0.15, 0.2) is 29.2 Å². The molecule has 0 aliphatic heterocycles. The van der Waals surface area contributed by atoms with Gasteiger partial charge in [-0.15, -0.1) is 12.4 Å². The van der Waals surface area contributed by atoms with Crippen LogP contribution in [-0.4, -0.2) is 40.6 Å². The summed E-state index contributed by atoms with van der Waals surface area (Å²) in [6.45, 7) is 2.95. The lowest BCUT2D eigenvalue weighted by Gasteiger charge is -2.09. The zero-order valence-corrected chi connectivity index (χ0v) is 15.4. The Kier molecular flexibility index (Phi) is 11.6. The molecule has 1 rings (SSSR count). The molecule has 0 unspecified atom stereocenters. The SMILES string of the molecule is CCCCCOCC(=O)Nc1cccc(S(=O)(=O)NCCN)c1.Cl. The summed E-state index contributed by atoms with van der Waals surface area (Å²) in [4.78, 5) is 11.8. The Hall–Kier alpha value is -1.19. The van der Waals surface area contributed by atoms with Crippen molar-refractivity contribution in [1.82, 2.24) is 4.72 Å². The molecule has 1 aromatic carbocycles. The molecule has 0 aromatic heterocycles. The van der Waals surface area contributed by atoms with Crippen LogP contribution < -0.4 is 15.8 Å². The Balaban J connectivity index is 0.00000529. The second kappa shape index (κ2) is 12.2. The van der Waals surface area contributed by atoms with Crippen LogP contribution in [-0.2, 0) is 19.6 Å². The summed E-state index contributed by atoms with van der Waals surface area (Å²) < 4.78 is 31.6. The molecular weight excluding hydrogens is 354 g/mol. The summed E-state index contributed by atoms with van der Waals surface area (Å²) in [5.41, 5.74) is 5.69. The first-order valence-electron chi connectivity index (χ1n) is 7.67. The molecule has 4 N–H and O–H groups in total. The number of benzene rings is 1. The predicted molar refractivity (Wildman–Crippen MR) is 96.9 cm³/mol. The molecule has 0 aliphatic carbocycles. The van der Waals surface area contributed by atoms with Crippen LogP contribution in [0.4, 0.5) is 5.69 Å². The zero-order valence-electron chi connectivity index (χ0n) is 13.8. The van der Waals surface area contributed by atoms with Gasteiger partial charge >= 0.3 is 0 Å². The van der Waals surface area contributed by atoms with E-state index in [1.54, 1.807) is 12.1 Å². The van der Waals surface area contributed by atoms with Gasteiger partial charge in [-0.25, -0.2) is 13.1 Å². The number of rotatable bonds is 11. The van der Waals surface area contributed by atoms with Crippen LogP contribution in [0, 0.1) is 0 Å². The number of sulfonamides is 1. The number of nitrogens with one attached hydrogen (secondary N) is 2. The highest BCUT2D eigenvalue weighted by Crippen LogP contribution is 2.15. The lowest BCUT2D eigenvalue weighted by Crippen LogP contribution is -2.29. The normalized spacial score (nSPS) is 10.9. The molecule has 0 saturated carbocycles. The molecule has 1 aromatic rings. The van der Waals surface area contributed by atoms with Crippen molar-refractivity contribution in [2.75, 3.05) is 31.6 Å². The van der Waals surface area contributed by atoms with Crippen LogP contribution in [0.2, 0.25) is 0 Å². The molecule has 138 valence electrons. The molecule has 0 radical (unpaired) electrons. The third kappa shape index (κ3) is 8.60. The lowest BCUT2D eigenvalue weighted by molar-refractivity contribution is -0.120. The first-order chi connectivity index (χ1) is 11.0. The maximum atomic E-state index is 12.0. The van der Waals surface area contributed by atoms with Crippen LogP contribution in [0.1, 0.15) is 26.2 Å².